The van der Waals surface area contributed by atoms with Crippen LogP contribution in [0.15, 0.2) is 50.1 Å². The lowest BCUT2D eigenvalue weighted by molar-refractivity contribution is -0.157. The molecule has 4 fully saturated rings. The van der Waals surface area contributed by atoms with E-state index in [9.17, 15) is 19.2 Å². The Morgan fingerprint density at radius 2 is 1.36 bits per heavy atom. The Bertz CT molecular complexity index is 1000. The van der Waals surface area contributed by atoms with Gasteiger partial charge in [-0.3, -0.25) is 0 Å². The Morgan fingerprint density at radius 1 is 0.766 bits per heavy atom. The summed E-state index contributed by atoms with van der Waals surface area (Å²) in [7, 11) is 1.54. The second-order valence-electron chi connectivity index (χ2n) is 12.7. The molecule has 9 nitrogen and oxygen atoms in total. The third-order valence-electron chi connectivity index (χ3n) is 9.47. The number of methoxy groups -OCH3 is 1. The van der Waals surface area contributed by atoms with E-state index in [0.717, 1.165) is 62.4 Å². The van der Waals surface area contributed by atoms with Crippen LogP contribution in [0.3, 0.4) is 0 Å². The normalized spacial score (nSPS) is 24.1. The zero-order chi connectivity index (χ0) is 35.2. The molecule has 0 amide bonds. The first-order chi connectivity index (χ1) is 22.5. The van der Waals surface area contributed by atoms with Gasteiger partial charge in [0.15, 0.2) is 0 Å². The molecule has 4 aliphatic rings. The summed E-state index contributed by atoms with van der Waals surface area (Å²) in [4.78, 5) is 43.3. The van der Waals surface area contributed by atoms with Gasteiger partial charge in [-0.05, 0) is 94.8 Å². The minimum absolute atomic E-state index is 0.177. The quantitative estimate of drug-likeness (QED) is 0.0851. The van der Waals surface area contributed by atoms with Crippen molar-refractivity contribution >= 4 is 23.9 Å². The first-order valence-corrected chi connectivity index (χ1v) is 17.3. The van der Waals surface area contributed by atoms with Gasteiger partial charge in [-0.25, -0.2) is 19.2 Å². The molecule has 2 bridgehead atoms. The number of fused-ring (bicyclic) bond motifs is 5. The molecule has 0 spiro atoms. The summed E-state index contributed by atoms with van der Waals surface area (Å²) in [6.45, 7) is 20.7. The molecule has 4 rings (SSSR count). The molecular formula is C38H60O9. The molecular weight excluding hydrogens is 600 g/mol. The summed E-state index contributed by atoms with van der Waals surface area (Å²) < 4.78 is 24.8. The molecule has 0 saturated heterocycles. The summed E-state index contributed by atoms with van der Waals surface area (Å²) in [5.74, 6) is 2.14. The zero-order valence-electron chi connectivity index (χ0n) is 29.4. The molecule has 0 aromatic carbocycles. The van der Waals surface area contributed by atoms with Gasteiger partial charge in [0.1, 0.15) is 18.3 Å². The van der Waals surface area contributed by atoms with Gasteiger partial charge in [-0.15, -0.1) is 0 Å². The number of unbranched alkanes of at least 4 members (excludes halogenated alkanes) is 1. The molecule has 0 aromatic rings. The second kappa shape index (κ2) is 23.2. The highest BCUT2D eigenvalue weighted by atomic mass is 16.6. The molecule has 0 aromatic heterocycles. The van der Waals surface area contributed by atoms with E-state index < -0.39 is 5.97 Å². The van der Waals surface area contributed by atoms with Crippen molar-refractivity contribution in [1.29, 1.82) is 0 Å². The minimum atomic E-state index is -0.410. The summed E-state index contributed by atoms with van der Waals surface area (Å²) in [6.07, 6.45) is 18.9. The largest absolute Gasteiger partial charge is 0.463 e. The van der Waals surface area contributed by atoms with E-state index in [-0.39, 0.29) is 29.6 Å². The third-order valence-corrected chi connectivity index (χ3v) is 9.47. The van der Waals surface area contributed by atoms with Crippen molar-refractivity contribution in [1.82, 2.24) is 0 Å². The number of carbonyl (C=O) groups excluding carboxylic acids is 4. The number of hydrogen-bond acceptors (Lipinski definition) is 9. The Balaban J connectivity index is 0.000000325. The third kappa shape index (κ3) is 15.1. The van der Waals surface area contributed by atoms with Crippen LogP contribution in [-0.4, -0.2) is 62.5 Å². The molecule has 4 aliphatic carbocycles. The maximum atomic E-state index is 11.5. The Hall–Kier alpha value is -3.20. The molecule has 0 radical (unpaired) electrons. The van der Waals surface area contributed by atoms with Crippen LogP contribution in [0.5, 0.6) is 0 Å². The molecule has 0 heterocycles. The lowest BCUT2D eigenvalue weighted by Crippen LogP contribution is -2.36. The Kier molecular flexibility index (Phi) is 20.6. The number of esters is 4. The van der Waals surface area contributed by atoms with Crippen LogP contribution in [0.2, 0.25) is 0 Å². The molecule has 4 saturated carbocycles. The van der Waals surface area contributed by atoms with E-state index in [4.69, 9.17) is 9.47 Å². The number of rotatable bonds is 13. The van der Waals surface area contributed by atoms with Crippen LogP contribution >= 0.6 is 0 Å². The van der Waals surface area contributed by atoms with Gasteiger partial charge in [0.25, 0.3) is 0 Å². The standard InChI is InChI=1S/C14H20O2.C11H18O2.C7H12O2.C6H10O3/c1-8(2)14(15)16-13-7-9-6-12(13)11-5-3-4-10(9)11;1-3-10(12)13-11(4-2)8-6-5-7-9-11;1-3-5-6-9-7(8)4-2;1-3-6(7)9-5-4-8-2/h9-13H,1,3-7H2,2H3;3H,1,4-9H2,2H3;4H,2-3,5-6H2,1H3;3H,1,4-5H2,2H3. The van der Waals surface area contributed by atoms with Crippen molar-refractivity contribution in [3.8, 4) is 0 Å². The Labute approximate surface area is 283 Å². The van der Waals surface area contributed by atoms with Crippen molar-refractivity contribution in [3.63, 3.8) is 0 Å². The molecule has 0 aliphatic heterocycles. The molecule has 0 N–H and O–H groups in total. The van der Waals surface area contributed by atoms with Gasteiger partial charge in [-0.1, -0.05) is 59.4 Å². The SMILES string of the molecule is C=C(C)C(=O)OC1CC2CC1C1CCCC21.C=CC(=O)OC1(CC)CCCCC1.C=CC(=O)OCCCC.C=CC(=O)OCCOC. The topological polar surface area (TPSA) is 114 Å². The van der Waals surface area contributed by atoms with Crippen LogP contribution in [0.4, 0.5) is 0 Å². The summed E-state index contributed by atoms with van der Waals surface area (Å²) in [6, 6.07) is 0. The maximum absolute atomic E-state index is 11.5. The smallest absolute Gasteiger partial charge is 0.333 e. The minimum Gasteiger partial charge on any atom is -0.463 e. The molecule has 47 heavy (non-hydrogen) atoms. The highest BCUT2D eigenvalue weighted by Gasteiger charge is 2.55. The predicted octanol–water partition coefficient (Wildman–Crippen LogP) is 7.64. The highest BCUT2D eigenvalue weighted by molar-refractivity contribution is 5.87. The number of carbonyl (C=O) groups is 4. The van der Waals surface area contributed by atoms with Gasteiger partial charge in [0.05, 0.1) is 13.2 Å². The number of ether oxygens (including phenoxy) is 5. The van der Waals surface area contributed by atoms with E-state index in [2.05, 4.69) is 47.5 Å². The lowest BCUT2D eigenvalue weighted by atomic mass is 9.80. The van der Waals surface area contributed by atoms with Crippen LogP contribution < -0.4 is 0 Å². The maximum Gasteiger partial charge on any atom is 0.333 e. The van der Waals surface area contributed by atoms with Crippen LogP contribution in [0.25, 0.3) is 0 Å². The van der Waals surface area contributed by atoms with Gasteiger partial charge >= 0.3 is 23.9 Å². The molecule has 5 atom stereocenters. The van der Waals surface area contributed by atoms with Crippen molar-refractivity contribution in [2.24, 2.45) is 23.7 Å². The van der Waals surface area contributed by atoms with Crippen LogP contribution in [0, 0.1) is 23.7 Å². The molecule has 9 heteroatoms. The van der Waals surface area contributed by atoms with Crippen molar-refractivity contribution in [2.75, 3.05) is 26.9 Å². The number of hydrogen-bond donors (Lipinski definition) is 0. The molecule has 266 valence electrons. The van der Waals surface area contributed by atoms with Crippen molar-refractivity contribution in [3.05, 3.63) is 50.1 Å². The monoisotopic (exact) mass is 660 g/mol. The van der Waals surface area contributed by atoms with Crippen molar-refractivity contribution in [2.45, 2.75) is 116 Å². The fourth-order valence-corrected chi connectivity index (χ4v) is 7.02. The van der Waals surface area contributed by atoms with Gasteiger partial charge in [-0.2, -0.15) is 0 Å². The lowest BCUT2D eigenvalue weighted by Gasteiger charge is -2.35. The van der Waals surface area contributed by atoms with E-state index in [1.54, 1.807) is 14.0 Å². The first-order valence-electron chi connectivity index (χ1n) is 17.3. The van der Waals surface area contributed by atoms with Gasteiger partial charge < -0.3 is 23.7 Å². The van der Waals surface area contributed by atoms with E-state index >= 15 is 0 Å². The van der Waals surface area contributed by atoms with Crippen molar-refractivity contribution < 1.29 is 42.9 Å². The fraction of sp³-hybridized carbons (Fsp3) is 0.684. The Morgan fingerprint density at radius 3 is 1.89 bits per heavy atom. The summed E-state index contributed by atoms with van der Waals surface area (Å²) in [5, 5.41) is 0. The predicted molar refractivity (Wildman–Crippen MR) is 183 cm³/mol. The van der Waals surface area contributed by atoms with Gasteiger partial charge in [0.2, 0.25) is 0 Å². The van der Waals surface area contributed by atoms with Crippen LogP contribution in [0.1, 0.15) is 104 Å². The van der Waals surface area contributed by atoms with E-state index in [1.807, 2.05) is 6.92 Å². The highest BCUT2D eigenvalue weighted by Crippen LogP contribution is 2.59. The molecule has 5 unspecified atom stereocenters. The average Bonchev–Trinajstić information content (AvgIpc) is 3.81. The van der Waals surface area contributed by atoms with Gasteiger partial charge in [0, 0.05) is 30.9 Å². The zero-order valence-corrected chi connectivity index (χ0v) is 29.4. The average molecular weight is 661 g/mol. The summed E-state index contributed by atoms with van der Waals surface area (Å²) >= 11 is 0. The fourth-order valence-electron chi connectivity index (χ4n) is 7.02. The van der Waals surface area contributed by atoms with E-state index in [1.165, 1.54) is 57.1 Å². The van der Waals surface area contributed by atoms with E-state index in [0.29, 0.717) is 31.3 Å². The second-order valence-corrected chi connectivity index (χ2v) is 12.7. The van der Waals surface area contributed by atoms with Crippen LogP contribution in [-0.2, 0) is 42.9 Å². The summed E-state index contributed by atoms with van der Waals surface area (Å²) in [5.41, 5.74) is 0.356. The first kappa shape index (κ1) is 41.8.